The van der Waals surface area contributed by atoms with E-state index in [2.05, 4.69) is 10.3 Å². The van der Waals surface area contributed by atoms with E-state index in [9.17, 15) is 35.2 Å². The summed E-state index contributed by atoms with van der Waals surface area (Å²) in [4.78, 5) is 14.9. The first-order valence-corrected chi connectivity index (χ1v) is 13.8. The Morgan fingerprint density at radius 1 is 1.08 bits per heavy atom. The van der Waals surface area contributed by atoms with Gasteiger partial charge in [-0.1, -0.05) is 16.8 Å². The van der Waals surface area contributed by atoms with Gasteiger partial charge in [-0.05, 0) is 37.5 Å². The number of Topliss-reactive ketones (excluding diaryl/α,β-unsaturated/α-hetero) is 1. The van der Waals surface area contributed by atoms with E-state index in [0.717, 1.165) is 12.1 Å². The monoisotopic (exact) mass is 583 g/mol. The molecule has 1 aromatic carbocycles. The third-order valence-electron chi connectivity index (χ3n) is 7.42. The standard InChI is InChI=1S/C23H27ClF5N5O3S/c1-32-15-20(30-31-32)38(36,37)34-12-10-33(11-13-34)21(6-8-22(25,26)9-7-21)5-4-19(35)17-3-2-16(14-18(17)24)23(27,28)29/h2-3,14-15H,4-13H2,1H3. The minimum absolute atomic E-state index is 0.0594. The molecule has 0 amide bonds. The Balaban J connectivity index is 1.48. The third kappa shape index (κ3) is 6.02. The van der Waals surface area contributed by atoms with Crippen LogP contribution in [0.5, 0.6) is 0 Å². The van der Waals surface area contributed by atoms with Gasteiger partial charge >= 0.3 is 6.18 Å². The van der Waals surface area contributed by atoms with Crippen LogP contribution in [-0.2, 0) is 23.2 Å². The molecule has 8 nitrogen and oxygen atoms in total. The smallest absolute Gasteiger partial charge is 0.295 e. The lowest BCUT2D eigenvalue weighted by atomic mass is 9.74. The number of sulfonamides is 1. The van der Waals surface area contributed by atoms with E-state index >= 15 is 0 Å². The number of halogens is 6. The van der Waals surface area contributed by atoms with Gasteiger partial charge in [0.15, 0.2) is 5.78 Å². The molecule has 4 rings (SSSR count). The Morgan fingerprint density at radius 3 is 2.24 bits per heavy atom. The Labute approximate surface area is 221 Å². The van der Waals surface area contributed by atoms with Crippen LogP contribution in [0.4, 0.5) is 22.0 Å². The number of benzene rings is 1. The van der Waals surface area contributed by atoms with Gasteiger partial charge in [0, 0.05) is 63.6 Å². The maximum atomic E-state index is 14.1. The summed E-state index contributed by atoms with van der Waals surface area (Å²) in [5.41, 5.74) is -1.81. The zero-order valence-electron chi connectivity index (χ0n) is 20.5. The zero-order chi connectivity index (χ0) is 27.9. The molecule has 2 aromatic rings. The van der Waals surface area contributed by atoms with Crippen molar-refractivity contribution in [3.63, 3.8) is 0 Å². The van der Waals surface area contributed by atoms with Gasteiger partial charge in [0.2, 0.25) is 10.9 Å². The molecule has 1 aromatic heterocycles. The van der Waals surface area contributed by atoms with Crippen LogP contribution in [0.2, 0.25) is 5.02 Å². The van der Waals surface area contributed by atoms with Crippen molar-refractivity contribution in [3.8, 4) is 0 Å². The Kier molecular flexibility index (Phi) is 7.92. The van der Waals surface area contributed by atoms with Crippen LogP contribution in [-0.4, -0.2) is 76.0 Å². The molecule has 0 spiro atoms. The molecule has 38 heavy (non-hydrogen) atoms. The van der Waals surface area contributed by atoms with Crippen molar-refractivity contribution < 1.29 is 35.2 Å². The number of carbonyl (C=O) groups is 1. The summed E-state index contributed by atoms with van der Waals surface area (Å²) in [6.45, 7) is 0.742. The minimum Gasteiger partial charge on any atom is -0.295 e. The molecule has 0 atom stereocenters. The molecular weight excluding hydrogens is 557 g/mol. The van der Waals surface area contributed by atoms with Gasteiger partial charge in [-0.25, -0.2) is 17.2 Å². The molecule has 1 aliphatic heterocycles. The Hall–Kier alpha value is -2.16. The van der Waals surface area contributed by atoms with Crippen molar-refractivity contribution in [2.75, 3.05) is 26.2 Å². The highest BCUT2D eigenvalue weighted by Crippen LogP contribution is 2.45. The van der Waals surface area contributed by atoms with E-state index in [1.807, 2.05) is 4.90 Å². The van der Waals surface area contributed by atoms with E-state index < -0.39 is 39.0 Å². The minimum atomic E-state index is -4.61. The van der Waals surface area contributed by atoms with Gasteiger partial charge in [-0.2, -0.15) is 17.5 Å². The molecule has 2 fully saturated rings. The molecule has 0 unspecified atom stereocenters. The highest BCUT2D eigenvalue weighted by Gasteiger charge is 2.47. The van der Waals surface area contributed by atoms with Gasteiger partial charge in [0.05, 0.1) is 16.8 Å². The van der Waals surface area contributed by atoms with E-state index in [-0.39, 0.29) is 80.3 Å². The van der Waals surface area contributed by atoms with E-state index in [1.54, 1.807) is 7.05 Å². The predicted octanol–water partition coefficient (Wildman–Crippen LogP) is 4.40. The van der Waals surface area contributed by atoms with E-state index in [0.29, 0.717) is 6.07 Å². The molecule has 0 N–H and O–H groups in total. The maximum Gasteiger partial charge on any atom is 0.416 e. The van der Waals surface area contributed by atoms with E-state index in [1.165, 1.54) is 15.2 Å². The molecule has 2 heterocycles. The van der Waals surface area contributed by atoms with Crippen molar-refractivity contribution in [2.45, 2.75) is 61.2 Å². The molecule has 0 bridgehead atoms. The van der Waals surface area contributed by atoms with Gasteiger partial charge in [-0.15, -0.1) is 5.10 Å². The predicted molar refractivity (Wildman–Crippen MR) is 127 cm³/mol. The van der Waals surface area contributed by atoms with Crippen molar-refractivity contribution in [1.29, 1.82) is 0 Å². The molecule has 1 saturated heterocycles. The van der Waals surface area contributed by atoms with Crippen LogP contribution in [0.15, 0.2) is 29.4 Å². The van der Waals surface area contributed by atoms with Crippen LogP contribution in [0.1, 0.15) is 54.4 Å². The number of aromatic nitrogens is 3. The third-order valence-corrected chi connectivity index (χ3v) is 9.50. The normalized spacial score (nSPS) is 20.9. The first-order valence-electron chi connectivity index (χ1n) is 12.0. The van der Waals surface area contributed by atoms with Crippen LogP contribution in [0.3, 0.4) is 0 Å². The number of hydrogen-bond donors (Lipinski definition) is 0. The summed E-state index contributed by atoms with van der Waals surface area (Å²) in [5.74, 6) is -3.31. The van der Waals surface area contributed by atoms with Crippen molar-refractivity contribution >= 4 is 27.4 Å². The lowest BCUT2D eigenvalue weighted by Crippen LogP contribution is -2.59. The summed E-state index contributed by atoms with van der Waals surface area (Å²) in [6, 6.07) is 2.51. The second-order valence-electron chi connectivity index (χ2n) is 9.82. The highest BCUT2D eigenvalue weighted by molar-refractivity contribution is 7.89. The molecular formula is C23H27ClF5N5O3S. The highest BCUT2D eigenvalue weighted by atomic mass is 35.5. The number of nitrogens with zero attached hydrogens (tertiary/aromatic N) is 5. The quantitative estimate of drug-likeness (QED) is 0.355. The largest absolute Gasteiger partial charge is 0.416 e. The second kappa shape index (κ2) is 10.4. The Morgan fingerprint density at radius 2 is 1.71 bits per heavy atom. The molecule has 1 aliphatic carbocycles. The summed E-state index contributed by atoms with van der Waals surface area (Å²) in [5, 5.41) is 6.84. The number of hydrogen-bond acceptors (Lipinski definition) is 6. The SMILES string of the molecule is Cn1cc(S(=O)(=O)N2CCN(C3(CCC(=O)c4ccc(C(F)(F)F)cc4Cl)CCC(F)(F)CC3)CC2)nn1. The van der Waals surface area contributed by atoms with Crippen LogP contribution < -0.4 is 0 Å². The molecule has 1 saturated carbocycles. The van der Waals surface area contributed by atoms with Gasteiger partial charge < -0.3 is 0 Å². The lowest BCUT2D eigenvalue weighted by molar-refractivity contribution is -0.137. The van der Waals surface area contributed by atoms with Gasteiger partial charge in [0.1, 0.15) is 0 Å². The lowest BCUT2D eigenvalue weighted by Gasteiger charge is -2.50. The number of rotatable bonds is 7. The fourth-order valence-corrected chi connectivity index (χ4v) is 6.80. The average Bonchev–Trinajstić information content (AvgIpc) is 3.30. The Bertz CT molecular complexity index is 1280. The summed E-state index contributed by atoms with van der Waals surface area (Å²) in [6.07, 6.45) is -3.77. The first kappa shape index (κ1) is 28.8. The topological polar surface area (TPSA) is 88.4 Å². The van der Waals surface area contributed by atoms with Crippen molar-refractivity contribution in [2.24, 2.45) is 7.05 Å². The van der Waals surface area contributed by atoms with Crippen LogP contribution in [0, 0.1) is 0 Å². The average molecular weight is 584 g/mol. The van der Waals surface area contributed by atoms with Crippen molar-refractivity contribution in [1.82, 2.24) is 24.2 Å². The number of alkyl halides is 5. The second-order valence-corrected chi connectivity index (χ2v) is 12.1. The van der Waals surface area contributed by atoms with Crippen LogP contribution >= 0.6 is 11.6 Å². The summed E-state index contributed by atoms with van der Waals surface area (Å²) >= 11 is 5.98. The van der Waals surface area contributed by atoms with Gasteiger partial charge in [0.25, 0.3) is 10.0 Å². The first-order chi connectivity index (χ1) is 17.6. The van der Waals surface area contributed by atoms with E-state index in [4.69, 9.17) is 11.6 Å². The van der Waals surface area contributed by atoms with Gasteiger partial charge in [-0.3, -0.25) is 14.4 Å². The molecule has 210 valence electrons. The fourth-order valence-electron chi connectivity index (χ4n) is 5.18. The summed E-state index contributed by atoms with van der Waals surface area (Å²) in [7, 11) is -2.32. The number of piperazine rings is 1. The summed E-state index contributed by atoms with van der Waals surface area (Å²) < 4.78 is 95.4. The molecule has 2 aliphatic rings. The number of carbonyl (C=O) groups excluding carboxylic acids is 1. The maximum absolute atomic E-state index is 14.1. The molecule has 0 radical (unpaired) electrons. The fraction of sp³-hybridized carbons (Fsp3) is 0.609. The number of ketones is 1. The van der Waals surface area contributed by atoms with Crippen LogP contribution in [0.25, 0.3) is 0 Å². The van der Waals surface area contributed by atoms with Crippen molar-refractivity contribution in [3.05, 3.63) is 40.5 Å². The number of aryl methyl sites for hydroxylation is 1. The molecule has 15 heteroatoms. The zero-order valence-corrected chi connectivity index (χ0v) is 22.1.